The highest BCUT2D eigenvalue weighted by Gasteiger charge is 2.21. The monoisotopic (exact) mass is 290 g/mol. The molecular weight excluding hydrogens is 268 g/mol. The van der Waals surface area contributed by atoms with Crippen LogP contribution in [0.4, 0.5) is 10.5 Å². The fraction of sp³-hybridized carbons (Fsp3) is 0.562. The summed E-state index contributed by atoms with van der Waals surface area (Å²) < 4.78 is 10.6. The van der Waals surface area contributed by atoms with Gasteiger partial charge in [-0.05, 0) is 43.7 Å². The molecular formula is C16H22N2O3. The summed E-state index contributed by atoms with van der Waals surface area (Å²) in [7, 11) is 0. The first-order valence-corrected chi connectivity index (χ1v) is 7.71. The van der Waals surface area contributed by atoms with Crippen molar-refractivity contribution in [2.24, 2.45) is 5.92 Å². The van der Waals surface area contributed by atoms with Gasteiger partial charge in [-0.3, -0.25) is 0 Å². The lowest BCUT2D eigenvalue weighted by Crippen LogP contribution is -2.40. The number of hydrogen-bond donors (Lipinski definition) is 2. The van der Waals surface area contributed by atoms with Crippen LogP contribution >= 0.6 is 0 Å². The lowest BCUT2D eigenvalue weighted by Gasteiger charge is -2.28. The van der Waals surface area contributed by atoms with Crippen molar-refractivity contribution < 1.29 is 14.3 Å². The van der Waals surface area contributed by atoms with Crippen molar-refractivity contribution in [1.82, 2.24) is 5.32 Å². The first-order chi connectivity index (χ1) is 10.2. The summed E-state index contributed by atoms with van der Waals surface area (Å²) in [4.78, 5) is 12.0. The molecule has 1 fully saturated rings. The molecule has 1 aliphatic heterocycles. The van der Waals surface area contributed by atoms with E-state index in [1.807, 2.05) is 12.1 Å². The molecule has 5 nitrogen and oxygen atoms in total. The minimum absolute atomic E-state index is 0.145. The van der Waals surface area contributed by atoms with Gasteiger partial charge in [0.1, 0.15) is 0 Å². The Kier molecular flexibility index (Phi) is 4.18. The van der Waals surface area contributed by atoms with Gasteiger partial charge in [-0.1, -0.05) is 13.3 Å². The van der Waals surface area contributed by atoms with Gasteiger partial charge < -0.3 is 20.1 Å². The van der Waals surface area contributed by atoms with Crippen LogP contribution in [0.5, 0.6) is 11.5 Å². The number of benzene rings is 1. The molecule has 114 valence electrons. The molecule has 3 rings (SSSR count). The maximum absolute atomic E-state index is 12.0. The van der Waals surface area contributed by atoms with Gasteiger partial charge >= 0.3 is 6.03 Å². The van der Waals surface area contributed by atoms with E-state index in [1.165, 1.54) is 19.3 Å². The lowest BCUT2D eigenvalue weighted by molar-refractivity contribution is 0.174. The molecule has 5 heteroatoms. The second kappa shape index (κ2) is 6.24. The molecule has 0 aromatic heterocycles. The summed E-state index contributed by atoms with van der Waals surface area (Å²) in [6.07, 6.45) is 5.83. The molecule has 0 spiro atoms. The van der Waals surface area contributed by atoms with Crippen LogP contribution in [0.25, 0.3) is 0 Å². The summed E-state index contributed by atoms with van der Waals surface area (Å²) in [5.74, 6) is 2.23. The summed E-state index contributed by atoms with van der Waals surface area (Å²) in [5.41, 5.74) is 0.721. The smallest absolute Gasteiger partial charge is 0.319 e. The normalized spacial score (nSPS) is 23.7. The molecule has 2 N–H and O–H groups in total. The fourth-order valence-corrected chi connectivity index (χ4v) is 3.04. The molecule has 0 saturated heterocycles. The number of carbonyl (C=O) groups is 1. The maximum Gasteiger partial charge on any atom is 0.319 e. The Morgan fingerprint density at radius 3 is 2.71 bits per heavy atom. The van der Waals surface area contributed by atoms with Crippen LogP contribution in [0.1, 0.15) is 39.0 Å². The molecule has 21 heavy (non-hydrogen) atoms. The summed E-state index contributed by atoms with van der Waals surface area (Å²) in [6.45, 7) is 2.48. The van der Waals surface area contributed by atoms with E-state index in [4.69, 9.17) is 9.47 Å². The average Bonchev–Trinajstić information content (AvgIpc) is 2.95. The van der Waals surface area contributed by atoms with Gasteiger partial charge in [0.25, 0.3) is 0 Å². The largest absolute Gasteiger partial charge is 0.454 e. The van der Waals surface area contributed by atoms with Gasteiger partial charge in [-0.2, -0.15) is 0 Å². The Hall–Kier alpha value is -1.91. The van der Waals surface area contributed by atoms with Crippen LogP contribution in [-0.2, 0) is 0 Å². The molecule has 1 heterocycles. The molecule has 2 amide bonds. The van der Waals surface area contributed by atoms with Crippen LogP contribution in [0.2, 0.25) is 0 Å². The van der Waals surface area contributed by atoms with Crippen molar-refractivity contribution in [3.63, 3.8) is 0 Å². The van der Waals surface area contributed by atoms with Gasteiger partial charge in [0.15, 0.2) is 11.5 Å². The number of hydrogen-bond acceptors (Lipinski definition) is 3. The van der Waals surface area contributed by atoms with E-state index in [0.29, 0.717) is 11.8 Å². The highest BCUT2D eigenvalue weighted by molar-refractivity contribution is 5.89. The van der Waals surface area contributed by atoms with Crippen LogP contribution in [0.3, 0.4) is 0 Å². The number of nitrogens with one attached hydrogen (secondary N) is 2. The molecule has 0 radical (unpaired) electrons. The predicted molar refractivity (Wildman–Crippen MR) is 80.8 cm³/mol. The predicted octanol–water partition coefficient (Wildman–Crippen LogP) is 3.51. The maximum atomic E-state index is 12.0. The third-order valence-corrected chi connectivity index (χ3v) is 4.39. The molecule has 1 aromatic carbocycles. The number of rotatable bonds is 3. The highest BCUT2D eigenvalue weighted by Crippen LogP contribution is 2.34. The number of fused-ring (bicyclic) bond motifs is 1. The van der Waals surface area contributed by atoms with Crippen molar-refractivity contribution in [2.45, 2.75) is 45.1 Å². The van der Waals surface area contributed by atoms with Gasteiger partial charge in [0, 0.05) is 17.8 Å². The molecule has 2 aliphatic rings. The van der Waals surface area contributed by atoms with Crippen molar-refractivity contribution in [1.29, 1.82) is 0 Å². The van der Waals surface area contributed by atoms with E-state index in [9.17, 15) is 4.79 Å². The van der Waals surface area contributed by atoms with E-state index in [2.05, 4.69) is 17.6 Å². The minimum Gasteiger partial charge on any atom is -0.454 e. The number of ether oxygens (including phenoxy) is 2. The first-order valence-electron chi connectivity index (χ1n) is 7.71. The summed E-state index contributed by atoms with van der Waals surface area (Å²) >= 11 is 0. The number of carbonyl (C=O) groups excluding carboxylic acids is 1. The Bertz CT molecular complexity index is 510. The van der Waals surface area contributed by atoms with Gasteiger partial charge in [-0.25, -0.2) is 4.79 Å². The molecule has 0 bridgehead atoms. The molecule has 1 saturated carbocycles. The SMILES string of the molecule is CCC1CCC(NC(=O)Nc2ccc3c(c2)OCO3)CC1. The number of amides is 2. The zero-order chi connectivity index (χ0) is 14.7. The van der Waals surface area contributed by atoms with E-state index in [1.54, 1.807) is 6.07 Å². The quantitative estimate of drug-likeness (QED) is 0.895. The Morgan fingerprint density at radius 1 is 1.19 bits per heavy atom. The summed E-state index contributed by atoms with van der Waals surface area (Å²) in [5, 5.41) is 5.92. The molecule has 0 unspecified atom stereocenters. The van der Waals surface area contributed by atoms with Crippen molar-refractivity contribution >= 4 is 11.7 Å². The highest BCUT2D eigenvalue weighted by atomic mass is 16.7. The van der Waals surface area contributed by atoms with Crippen molar-refractivity contribution in [2.75, 3.05) is 12.1 Å². The lowest BCUT2D eigenvalue weighted by atomic mass is 9.85. The second-order valence-electron chi connectivity index (χ2n) is 5.79. The number of urea groups is 1. The third-order valence-electron chi connectivity index (χ3n) is 4.39. The standard InChI is InChI=1S/C16H22N2O3/c1-2-11-3-5-12(6-4-11)17-16(19)18-13-7-8-14-15(9-13)21-10-20-14/h7-9,11-12H,2-6,10H2,1H3,(H2,17,18,19). The van der Waals surface area contributed by atoms with E-state index < -0.39 is 0 Å². The van der Waals surface area contributed by atoms with Gasteiger partial charge in [-0.15, -0.1) is 0 Å². The minimum atomic E-state index is -0.145. The Morgan fingerprint density at radius 2 is 1.95 bits per heavy atom. The summed E-state index contributed by atoms with van der Waals surface area (Å²) in [6, 6.07) is 5.57. The molecule has 1 aromatic rings. The zero-order valence-corrected chi connectivity index (χ0v) is 12.4. The van der Waals surface area contributed by atoms with Crippen molar-refractivity contribution in [3.05, 3.63) is 18.2 Å². The second-order valence-corrected chi connectivity index (χ2v) is 5.79. The van der Waals surface area contributed by atoms with E-state index in [-0.39, 0.29) is 12.8 Å². The van der Waals surface area contributed by atoms with Crippen LogP contribution in [-0.4, -0.2) is 18.9 Å². The van der Waals surface area contributed by atoms with Crippen LogP contribution in [0, 0.1) is 5.92 Å². The van der Waals surface area contributed by atoms with Crippen molar-refractivity contribution in [3.8, 4) is 11.5 Å². The van der Waals surface area contributed by atoms with E-state index >= 15 is 0 Å². The fourth-order valence-electron chi connectivity index (χ4n) is 3.04. The molecule has 0 atom stereocenters. The van der Waals surface area contributed by atoms with Gasteiger partial charge in [0.05, 0.1) is 0 Å². The van der Waals surface area contributed by atoms with Gasteiger partial charge in [0.2, 0.25) is 6.79 Å². The Labute approximate surface area is 125 Å². The van der Waals surface area contributed by atoms with E-state index in [0.717, 1.165) is 30.2 Å². The average molecular weight is 290 g/mol. The Balaban J connectivity index is 1.50. The van der Waals surface area contributed by atoms with Crippen LogP contribution in [0.15, 0.2) is 18.2 Å². The zero-order valence-electron chi connectivity index (χ0n) is 12.4. The third kappa shape index (κ3) is 3.40. The molecule has 1 aliphatic carbocycles. The topological polar surface area (TPSA) is 59.6 Å². The number of anilines is 1. The first kappa shape index (κ1) is 14.0. The van der Waals surface area contributed by atoms with Crippen LogP contribution < -0.4 is 20.1 Å².